The molecule has 112 valence electrons. The Kier molecular flexibility index (Phi) is 4.33. The van der Waals surface area contributed by atoms with E-state index in [-0.39, 0.29) is 0 Å². The van der Waals surface area contributed by atoms with Crippen LogP contribution in [0.5, 0.6) is 0 Å². The summed E-state index contributed by atoms with van der Waals surface area (Å²) in [5.74, 6) is 0. The Morgan fingerprint density at radius 2 is 2.20 bits per heavy atom. The maximum Gasteiger partial charge on any atom is 0.0964 e. The van der Waals surface area contributed by atoms with Crippen molar-refractivity contribution in [1.29, 1.82) is 0 Å². The zero-order valence-electron chi connectivity index (χ0n) is 12.5. The summed E-state index contributed by atoms with van der Waals surface area (Å²) in [7, 11) is 0. The van der Waals surface area contributed by atoms with E-state index in [2.05, 4.69) is 40.6 Å². The van der Waals surface area contributed by atoms with E-state index >= 15 is 0 Å². The first-order valence-corrected chi connectivity index (χ1v) is 7.69. The minimum Gasteiger partial charge on any atom is -0.376 e. The molecule has 0 bridgehead atoms. The molecule has 1 N–H and O–H groups in total. The Bertz CT molecular complexity index is 431. The standard InChI is InChI=1S/C14H25N5O/c1-11-10-20-12(2)8-18(11)5-6-19-9-14(16-17-19)7-15-13-3-4-13/h9,11-13,15H,3-8,10H2,1-2H3. The zero-order chi connectivity index (χ0) is 13.9. The molecule has 1 aromatic rings. The van der Waals surface area contributed by atoms with Crippen molar-refractivity contribution in [2.75, 3.05) is 19.7 Å². The number of rotatable bonds is 6. The molecule has 1 aliphatic carbocycles. The lowest BCUT2D eigenvalue weighted by Gasteiger charge is -2.36. The highest BCUT2D eigenvalue weighted by Gasteiger charge is 2.23. The van der Waals surface area contributed by atoms with Crippen LogP contribution in [0.15, 0.2) is 6.20 Å². The second kappa shape index (κ2) is 6.20. The molecule has 0 spiro atoms. The van der Waals surface area contributed by atoms with Gasteiger partial charge in [-0.15, -0.1) is 5.10 Å². The Morgan fingerprint density at radius 3 is 3.00 bits per heavy atom. The normalized spacial score (nSPS) is 27.9. The lowest BCUT2D eigenvalue weighted by Crippen LogP contribution is -2.48. The molecule has 1 saturated carbocycles. The molecule has 2 atom stereocenters. The van der Waals surface area contributed by atoms with Crippen molar-refractivity contribution in [3.8, 4) is 0 Å². The van der Waals surface area contributed by atoms with Crippen LogP contribution in [0.2, 0.25) is 0 Å². The van der Waals surface area contributed by atoms with Gasteiger partial charge in [-0.05, 0) is 26.7 Å². The summed E-state index contributed by atoms with van der Waals surface area (Å²) in [5, 5.41) is 11.9. The number of nitrogens with one attached hydrogen (secondary N) is 1. The second-order valence-corrected chi connectivity index (χ2v) is 6.12. The van der Waals surface area contributed by atoms with Crippen LogP contribution in [0.4, 0.5) is 0 Å². The van der Waals surface area contributed by atoms with Gasteiger partial charge in [0.15, 0.2) is 0 Å². The highest BCUT2D eigenvalue weighted by atomic mass is 16.5. The Hall–Kier alpha value is -0.980. The van der Waals surface area contributed by atoms with Crippen LogP contribution < -0.4 is 5.32 Å². The predicted octanol–water partition coefficient (Wildman–Crippen LogP) is 0.639. The smallest absolute Gasteiger partial charge is 0.0964 e. The van der Waals surface area contributed by atoms with Crippen molar-refractivity contribution >= 4 is 0 Å². The van der Waals surface area contributed by atoms with Gasteiger partial charge in [0, 0.05) is 37.9 Å². The van der Waals surface area contributed by atoms with Gasteiger partial charge in [0.25, 0.3) is 0 Å². The zero-order valence-corrected chi connectivity index (χ0v) is 12.5. The van der Waals surface area contributed by atoms with Gasteiger partial charge in [-0.25, -0.2) is 0 Å². The van der Waals surface area contributed by atoms with Gasteiger partial charge in [0.2, 0.25) is 0 Å². The van der Waals surface area contributed by atoms with Gasteiger partial charge >= 0.3 is 0 Å². The highest BCUT2D eigenvalue weighted by molar-refractivity contribution is 4.94. The lowest BCUT2D eigenvalue weighted by atomic mass is 10.2. The molecule has 6 nitrogen and oxygen atoms in total. The maximum atomic E-state index is 5.65. The maximum absolute atomic E-state index is 5.65. The third-order valence-corrected chi connectivity index (χ3v) is 4.09. The third kappa shape index (κ3) is 3.77. The second-order valence-electron chi connectivity index (χ2n) is 6.12. The molecule has 1 saturated heterocycles. The molecule has 2 unspecified atom stereocenters. The van der Waals surface area contributed by atoms with Crippen molar-refractivity contribution < 1.29 is 4.74 Å². The van der Waals surface area contributed by atoms with Crippen LogP contribution in [-0.2, 0) is 17.8 Å². The van der Waals surface area contributed by atoms with E-state index in [0.717, 1.165) is 44.5 Å². The number of aromatic nitrogens is 3. The van der Waals surface area contributed by atoms with Gasteiger partial charge in [-0.3, -0.25) is 9.58 Å². The average molecular weight is 279 g/mol. The summed E-state index contributed by atoms with van der Waals surface area (Å²) < 4.78 is 7.61. The topological polar surface area (TPSA) is 55.2 Å². The molecule has 0 aromatic carbocycles. The van der Waals surface area contributed by atoms with E-state index in [1.165, 1.54) is 12.8 Å². The van der Waals surface area contributed by atoms with Crippen LogP contribution in [0.25, 0.3) is 0 Å². The fourth-order valence-corrected chi connectivity index (χ4v) is 2.58. The molecule has 1 aromatic heterocycles. The molecule has 2 fully saturated rings. The molecular formula is C14H25N5O. The number of hydrogen-bond donors (Lipinski definition) is 1. The minimum absolute atomic E-state index is 0.334. The van der Waals surface area contributed by atoms with Gasteiger partial charge in [0.05, 0.1) is 24.9 Å². The van der Waals surface area contributed by atoms with E-state index in [1.54, 1.807) is 0 Å². The fraction of sp³-hybridized carbons (Fsp3) is 0.857. The molecule has 3 rings (SSSR count). The molecule has 2 aliphatic rings. The van der Waals surface area contributed by atoms with Gasteiger partial charge in [0.1, 0.15) is 0 Å². The highest BCUT2D eigenvalue weighted by Crippen LogP contribution is 2.18. The molecule has 20 heavy (non-hydrogen) atoms. The van der Waals surface area contributed by atoms with Gasteiger partial charge in [-0.2, -0.15) is 0 Å². The van der Waals surface area contributed by atoms with Crippen LogP contribution in [0.1, 0.15) is 32.4 Å². The van der Waals surface area contributed by atoms with Gasteiger partial charge in [-0.1, -0.05) is 5.21 Å². The van der Waals surface area contributed by atoms with Crippen LogP contribution >= 0.6 is 0 Å². The van der Waals surface area contributed by atoms with Crippen LogP contribution in [0, 0.1) is 0 Å². The number of morpholine rings is 1. The van der Waals surface area contributed by atoms with Crippen LogP contribution in [0.3, 0.4) is 0 Å². The Balaban J connectivity index is 1.45. The first kappa shape index (κ1) is 14.0. The quantitative estimate of drug-likeness (QED) is 0.828. The lowest BCUT2D eigenvalue weighted by molar-refractivity contribution is -0.0504. The largest absolute Gasteiger partial charge is 0.376 e. The monoisotopic (exact) mass is 279 g/mol. The summed E-state index contributed by atoms with van der Waals surface area (Å²) in [6, 6.07) is 1.21. The Labute approximate surface area is 120 Å². The fourth-order valence-electron chi connectivity index (χ4n) is 2.58. The van der Waals surface area contributed by atoms with E-state index in [4.69, 9.17) is 4.74 Å². The number of ether oxygens (including phenoxy) is 1. The summed E-state index contributed by atoms with van der Waals surface area (Å²) in [6.45, 7) is 8.94. The predicted molar refractivity (Wildman–Crippen MR) is 76.3 cm³/mol. The first-order chi connectivity index (χ1) is 9.70. The molecule has 0 amide bonds. The van der Waals surface area contributed by atoms with Crippen LogP contribution in [-0.4, -0.2) is 57.8 Å². The molecule has 6 heteroatoms. The number of nitrogens with zero attached hydrogens (tertiary/aromatic N) is 4. The van der Waals surface area contributed by atoms with Crippen molar-refractivity contribution in [3.05, 3.63) is 11.9 Å². The molecular weight excluding hydrogens is 254 g/mol. The molecule has 2 heterocycles. The SMILES string of the molecule is CC1CN(CCn2cc(CNC3CC3)nn2)C(C)CO1. The summed E-state index contributed by atoms with van der Waals surface area (Å²) in [4.78, 5) is 2.47. The first-order valence-electron chi connectivity index (χ1n) is 7.69. The van der Waals surface area contributed by atoms with E-state index in [1.807, 2.05) is 4.68 Å². The number of hydrogen-bond acceptors (Lipinski definition) is 5. The van der Waals surface area contributed by atoms with E-state index < -0.39 is 0 Å². The molecule has 0 radical (unpaired) electrons. The van der Waals surface area contributed by atoms with E-state index in [9.17, 15) is 0 Å². The minimum atomic E-state index is 0.334. The third-order valence-electron chi connectivity index (χ3n) is 4.09. The summed E-state index contributed by atoms with van der Waals surface area (Å²) in [6.07, 6.45) is 5.01. The van der Waals surface area contributed by atoms with Gasteiger partial charge < -0.3 is 10.1 Å². The van der Waals surface area contributed by atoms with Crippen molar-refractivity contribution in [1.82, 2.24) is 25.2 Å². The van der Waals surface area contributed by atoms with Crippen molar-refractivity contribution in [2.45, 2.75) is 58.0 Å². The van der Waals surface area contributed by atoms with E-state index in [0.29, 0.717) is 12.1 Å². The van der Waals surface area contributed by atoms with Crippen molar-refractivity contribution in [2.24, 2.45) is 0 Å². The Morgan fingerprint density at radius 1 is 1.35 bits per heavy atom. The van der Waals surface area contributed by atoms with Crippen molar-refractivity contribution in [3.63, 3.8) is 0 Å². The summed E-state index contributed by atoms with van der Waals surface area (Å²) in [5.41, 5.74) is 1.04. The average Bonchev–Trinajstić information content (AvgIpc) is 3.16. The molecule has 1 aliphatic heterocycles. The summed E-state index contributed by atoms with van der Waals surface area (Å²) >= 11 is 0.